The van der Waals surface area contributed by atoms with Gasteiger partial charge in [0.05, 0.1) is 31.5 Å². The smallest absolute Gasteiger partial charge is 0.339 e. The van der Waals surface area contributed by atoms with Gasteiger partial charge in [-0.3, -0.25) is 0 Å². The summed E-state index contributed by atoms with van der Waals surface area (Å²) in [6.07, 6.45) is 0.661. The summed E-state index contributed by atoms with van der Waals surface area (Å²) in [5.74, 6) is 0.220. The summed E-state index contributed by atoms with van der Waals surface area (Å²) in [4.78, 5) is 31.1. The lowest BCUT2D eigenvalue weighted by atomic mass is 9.92. The van der Waals surface area contributed by atoms with Gasteiger partial charge in [-0.25, -0.2) is 9.59 Å². The summed E-state index contributed by atoms with van der Waals surface area (Å²) in [5.41, 5.74) is 4.67. The Morgan fingerprint density at radius 3 is 2.57 bits per heavy atom. The first-order valence-corrected chi connectivity index (χ1v) is 11.6. The van der Waals surface area contributed by atoms with Crippen LogP contribution in [0.25, 0.3) is 10.9 Å². The van der Waals surface area contributed by atoms with Crippen LogP contribution in [0.15, 0.2) is 66.7 Å². The lowest BCUT2D eigenvalue weighted by Crippen LogP contribution is -2.43. The van der Waals surface area contributed by atoms with Crippen molar-refractivity contribution in [3.05, 3.63) is 94.1 Å². The Morgan fingerprint density at radius 2 is 1.83 bits per heavy atom. The van der Waals surface area contributed by atoms with Crippen molar-refractivity contribution in [1.29, 1.82) is 0 Å². The van der Waals surface area contributed by atoms with E-state index < -0.39 is 5.97 Å². The van der Waals surface area contributed by atoms with E-state index in [1.165, 1.54) is 7.11 Å². The van der Waals surface area contributed by atoms with Crippen molar-refractivity contribution >= 4 is 40.2 Å². The number of ether oxygens (including phenoxy) is 2. The van der Waals surface area contributed by atoms with Crippen molar-refractivity contribution in [3.8, 4) is 5.75 Å². The molecule has 0 saturated heterocycles. The van der Waals surface area contributed by atoms with Crippen LogP contribution in [0.2, 0.25) is 5.02 Å². The minimum absolute atomic E-state index is 0.294. The van der Waals surface area contributed by atoms with Gasteiger partial charge in [-0.2, -0.15) is 0 Å². The Balaban J connectivity index is 1.57. The second-order valence-electron chi connectivity index (χ2n) is 8.29. The molecule has 0 aliphatic carbocycles. The molecule has 2 heterocycles. The fourth-order valence-corrected chi connectivity index (χ4v) is 4.85. The lowest BCUT2D eigenvalue weighted by molar-refractivity contribution is 0.0602. The number of carbonyl (C=O) groups excluding carboxylic acids is 2. The van der Waals surface area contributed by atoms with Gasteiger partial charge < -0.3 is 24.7 Å². The first-order chi connectivity index (χ1) is 17.0. The van der Waals surface area contributed by atoms with E-state index in [0.29, 0.717) is 29.2 Å². The number of amides is 2. The van der Waals surface area contributed by atoms with Crippen LogP contribution in [0, 0.1) is 0 Å². The molecular weight excluding hydrogens is 466 g/mol. The molecule has 1 aliphatic rings. The number of esters is 1. The fraction of sp³-hybridized carbons (Fsp3) is 0.185. The summed E-state index contributed by atoms with van der Waals surface area (Å²) >= 11 is 6.29. The Kier molecular flexibility index (Phi) is 6.09. The van der Waals surface area contributed by atoms with E-state index in [-0.39, 0.29) is 12.1 Å². The molecule has 1 atom stereocenters. The van der Waals surface area contributed by atoms with Gasteiger partial charge in [0.1, 0.15) is 5.75 Å². The topological polar surface area (TPSA) is 83.7 Å². The number of aromatic nitrogens is 1. The minimum atomic E-state index is -0.513. The van der Waals surface area contributed by atoms with Crippen molar-refractivity contribution in [2.45, 2.75) is 12.5 Å². The minimum Gasteiger partial charge on any atom is -0.497 e. The summed E-state index contributed by atoms with van der Waals surface area (Å²) in [7, 11) is 2.93. The molecule has 2 amide bonds. The predicted molar refractivity (Wildman–Crippen MR) is 135 cm³/mol. The number of hydrogen-bond donors (Lipinski definition) is 2. The highest BCUT2D eigenvalue weighted by atomic mass is 35.5. The van der Waals surface area contributed by atoms with E-state index in [9.17, 15) is 9.59 Å². The molecule has 2 N–H and O–H groups in total. The van der Waals surface area contributed by atoms with Crippen LogP contribution in [0.1, 0.15) is 33.2 Å². The third-order valence-corrected chi connectivity index (χ3v) is 6.59. The average molecular weight is 490 g/mol. The molecule has 1 aromatic heterocycles. The van der Waals surface area contributed by atoms with Crippen LogP contribution < -0.4 is 10.1 Å². The van der Waals surface area contributed by atoms with Gasteiger partial charge in [0.15, 0.2) is 0 Å². The van der Waals surface area contributed by atoms with Crippen LogP contribution in [0.5, 0.6) is 5.75 Å². The van der Waals surface area contributed by atoms with E-state index >= 15 is 0 Å². The summed E-state index contributed by atoms with van der Waals surface area (Å²) in [6.45, 7) is 0.482. The normalized spacial score (nSPS) is 14.9. The number of aromatic amines is 1. The van der Waals surface area contributed by atoms with Gasteiger partial charge in [-0.1, -0.05) is 35.9 Å². The van der Waals surface area contributed by atoms with Gasteiger partial charge in [-0.15, -0.1) is 0 Å². The molecule has 0 spiro atoms. The van der Waals surface area contributed by atoms with Gasteiger partial charge >= 0.3 is 12.0 Å². The number of carbonyl (C=O) groups is 2. The molecule has 8 heteroatoms. The number of rotatable bonds is 4. The Morgan fingerprint density at radius 1 is 1.06 bits per heavy atom. The maximum Gasteiger partial charge on any atom is 0.339 e. The number of nitrogens with one attached hydrogen (secondary N) is 2. The highest BCUT2D eigenvalue weighted by Gasteiger charge is 2.35. The zero-order chi connectivity index (χ0) is 24.5. The maximum absolute atomic E-state index is 13.6. The van der Waals surface area contributed by atoms with Gasteiger partial charge in [-0.05, 0) is 60.0 Å². The fourth-order valence-electron chi connectivity index (χ4n) is 4.68. The number of nitrogens with zero attached hydrogens (tertiary/aromatic N) is 1. The number of para-hydroxylation sites is 1. The second kappa shape index (κ2) is 9.35. The standard InChI is InChI=1S/C27H24ClN3O4/c1-34-18-10-7-16(8-11-18)25-24-19(21-15-17(28)9-12-23(21)29-24)13-14-31(25)27(33)30-22-6-4-3-5-20(22)26(32)35-2/h3-12,15,25,29H,13-14H2,1-2H3,(H,30,33)/t25-/m0/s1. The molecule has 0 fully saturated rings. The maximum atomic E-state index is 13.6. The Hall–Kier alpha value is -3.97. The van der Waals surface area contributed by atoms with Crippen molar-refractivity contribution in [1.82, 2.24) is 9.88 Å². The molecule has 0 unspecified atom stereocenters. The largest absolute Gasteiger partial charge is 0.497 e. The highest BCUT2D eigenvalue weighted by Crippen LogP contribution is 2.39. The predicted octanol–water partition coefficient (Wildman–Crippen LogP) is 5.80. The molecule has 0 saturated carbocycles. The zero-order valence-corrected chi connectivity index (χ0v) is 20.1. The summed E-state index contributed by atoms with van der Waals surface area (Å²) in [6, 6.07) is 19.6. The molecule has 1 aliphatic heterocycles. The number of benzene rings is 3. The average Bonchev–Trinajstić information content (AvgIpc) is 3.25. The molecule has 0 radical (unpaired) electrons. The van der Waals surface area contributed by atoms with Crippen molar-refractivity contribution in [2.24, 2.45) is 0 Å². The van der Waals surface area contributed by atoms with Crippen LogP contribution in [0.4, 0.5) is 10.5 Å². The number of hydrogen-bond acceptors (Lipinski definition) is 4. The summed E-state index contributed by atoms with van der Waals surface area (Å²) in [5, 5.41) is 4.64. The van der Waals surface area contributed by atoms with Crippen LogP contribution in [-0.4, -0.2) is 42.6 Å². The molecule has 4 aromatic rings. The second-order valence-corrected chi connectivity index (χ2v) is 8.73. The van der Waals surface area contributed by atoms with Crippen LogP contribution in [-0.2, 0) is 11.2 Å². The van der Waals surface area contributed by atoms with Crippen LogP contribution in [0.3, 0.4) is 0 Å². The number of halogens is 1. The molecular formula is C27H24ClN3O4. The van der Waals surface area contributed by atoms with E-state index in [2.05, 4.69) is 10.3 Å². The first kappa shape index (κ1) is 22.8. The summed E-state index contributed by atoms with van der Waals surface area (Å²) < 4.78 is 10.2. The molecule has 7 nitrogen and oxygen atoms in total. The van der Waals surface area contributed by atoms with E-state index in [0.717, 1.165) is 33.5 Å². The third-order valence-electron chi connectivity index (χ3n) is 6.36. The lowest BCUT2D eigenvalue weighted by Gasteiger charge is -2.36. The van der Waals surface area contributed by atoms with Crippen molar-refractivity contribution in [3.63, 3.8) is 0 Å². The highest BCUT2D eigenvalue weighted by molar-refractivity contribution is 6.31. The molecule has 5 rings (SSSR count). The van der Waals surface area contributed by atoms with E-state index in [1.54, 1.807) is 36.3 Å². The number of methoxy groups -OCH3 is 2. The third kappa shape index (κ3) is 4.19. The first-order valence-electron chi connectivity index (χ1n) is 11.2. The number of H-pyrrole nitrogens is 1. The Bertz CT molecular complexity index is 1410. The van der Waals surface area contributed by atoms with Gasteiger partial charge in [0, 0.05) is 28.2 Å². The molecule has 0 bridgehead atoms. The van der Waals surface area contributed by atoms with Gasteiger partial charge in [0.2, 0.25) is 0 Å². The Labute approximate surface area is 207 Å². The van der Waals surface area contributed by atoms with E-state index in [1.807, 2.05) is 42.5 Å². The molecule has 35 heavy (non-hydrogen) atoms. The van der Waals surface area contributed by atoms with Gasteiger partial charge in [0.25, 0.3) is 0 Å². The monoisotopic (exact) mass is 489 g/mol. The molecule has 3 aromatic carbocycles. The van der Waals surface area contributed by atoms with Crippen LogP contribution >= 0.6 is 11.6 Å². The number of anilines is 1. The van der Waals surface area contributed by atoms with Crippen molar-refractivity contribution < 1.29 is 19.1 Å². The van der Waals surface area contributed by atoms with Crippen molar-refractivity contribution in [2.75, 3.05) is 26.1 Å². The number of fused-ring (bicyclic) bond motifs is 3. The SMILES string of the molecule is COC(=O)c1ccccc1NC(=O)N1CCc2c([nH]c3ccc(Cl)cc23)[C@@H]1c1ccc(OC)cc1. The molecule has 178 valence electrons. The zero-order valence-electron chi connectivity index (χ0n) is 19.3. The quantitative estimate of drug-likeness (QED) is 0.355. The number of urea groups is 1. The van der Waals surface area contributed by atoms with E-state index in [4.69, 9.17) is 21.1 Å².